The van der Waals surface area contributed by atoms with Gasteiger partial charge in [-0.1, -0.05) is 41.6 Å². The van der Waals surface area contributed by atoms with Gasteiger partial charge in [-0.25, -0.2) is 8.78 Å². The van der Waals surface area contributed by atoms with Crippen LogP contribution < -0.4 is 0 Å². The molecular weight excluding hydrogens is 354 g/mol. The monoisotopic (exact) mass is 364 g/mol. The summed E-state index contributed by atoms with van der Waals surface area (Å²) in [6.07, 6.45) is 2.86. The van der Waals surface area contributed by atoms with Crippen molar-refractivity contribution in [2.24, 2.45) is 5.10 Å². The SMILES string of the molecule is Fc1ccc(C=Nn2cnnc2SCc2ccc(Cl)cc2)cc1F. The van der Waals surface area contributed by atoms with Crippen molar-refractivity contribution in [3.05, 3.63) is 76.6 Å². The molecular formula is C16H11ClF2N4S. The molecule has 24 heavy (non-hydrogen) atoms. The molecule has 0 bridgehead atoms. The second kappa shape index (κ2) is 7.55. The summed E-state index contributed by atoms with van der Waals surface area (Å²) in [5, 5.41) is 13.2. The first kappa shape index (κ1) is 16.6. The van der Waals surface area contributed by atoms with Crippen LogP contribution in [0.4, 0.5) is 8.78 Å². The van der Waals surface area contributed by atoms with E-state index in [0.29, 0.717) is 21.5 Å². The number of halogens is 3. The zero-order valence-corrected chi connectivity index (χ0v) is 13.8. The van der Waals surface area contributed by atoms with Crippen molar-refractivity contribution >= 4 is 29.6 Å². The summed E-state index contributed by atoms with van der Waals surface area (Å²) >= 11 is 7.31. The topological polar surface area (TPSA) is 43.1 Å². The van der Waals surface area contributed by atoms with Crippen LogP contribution in [0.1, 0.15) is 11.1 Å². The molecule has 0 saturated heterocycles. The van der Waals surface area contributed by atoms with Gasteiger partial charge in [0.1, 0.15) is 6.33 Å². The summed E-state index contributed by atoms with van der Waals surface area (Å²) in [6, 6.07) is 11.1. The van der Waals surface area contributed by atoms with Crippen molar-refractivity contribution in [3.8, 4) is 0 Å². The normalized spacial score (nSPS) is 11.3. The molecule has 0 saturated carbocycles. The number of nitrogens with zero attached hydrogens (tertiary/aromatic N) is 4. The van der Waals surface area contributed by atoms with E-state index in [2.05, 4.69) is 15.3 Å². The Labute approximate surface area is 146 Å². The molecule has 8 heteroatoms. The summed E-state index contributed by atoms with van der Waals surface area (Å²) in [4.78, 5) is 0. The van der Waals surface area contributed by atoms with E-state index in [9.17, 15) is 8.78 Å². The Morgan fingerprint density at radius 2 is 1.92 bits per heavy atom. The Morgan fingerprint density at radius 3 is 2.67 bits per heavy atom. The molecule has 0 radical (unpaired) electrons. The van der Waals surface area contributed by atoms with E-state index in [1.807, 2.05) is 24.3 Å². The fourth-order valence-electron chi connectivity index (χ4n) is 1.84. The summed E-state index contributed by atoms with van der Waals surface area (Å²) in [5.74, 6) is -1.13. The van der Waals surface area contributed by atoms with Crippen molar-refractivity contribution in [2.75, 3.05) is 0 Å². The Kier molecular flexibility index (Phi) is 5.22. The van der Waals surface area contributed by atoms with Crippen LogP contribution in [0.15, 0.2) is 59.0 Å². The summed E-state index contributed by atoms with van der Waals surface area (Å²) in [7, 11) is 0. The third kappa shape index (κ3) is 4.18. The Balaban J connectivity index is 1.69. The Bertz CT molecular complexity index is 865. The van der Waals surface area contributed by atoms with Gasteiger partial charge in [-0.2, -0.15) is 9.78 Å². The van der Waals surface area contributed by atoms with Gasteiger partial charge < -0.3 is 0 Å². The smallest absolute Gasteiger partial charge is 0.204 e. The first-order valence-electron chi connectivity index (χ1n) is 6.88. The summed E-state index contributed by atoms with van der Waals surface area (Å²) in [6.45, 7) is 0. The van der Waals surface area contributed by atoms with Crippen LogP contribution in [-0.2, 0) is 5.75 Å². The zero-order chi connectivity index (χ0) is 16.9. The molecule has 0 fully saturated rings. The Hall–Kier alpha value is -2.25. The highest BCUT2D eigenvalue weighted by atomic mass is 35.5. The molecule has 122 valence electrons. The van der Waals surface area contributed by atoms with E-state index in [0.717, 1.165) is 17.7 Å². The standard InChI is InChI=1S/C16H11ClF2N4S/c17-13-4-1-11(2-5-13)9-24-16-22-20-10-23(16)21-8-12-3-6-14(18)15(19)7-12/h1-8,10H,9H2. The average molecular weight is 365 g/mol. The van der Waals surface area contributed by atoms with Gasteiger partial charge in [-0.3, -0.25) is 0 Å². The van der Waals surface area contributed by atoms with E-state index in [-0.39, 0.29) is 0 Å². The maximum Gasteiger partial charge on any atom is 0.212 e. The van der Waals surface area contributed by atoms with Crippen LogP contribution in [0, 0.1) is 11.6 Å². The number of hydrogen-bond acceptors (Lipinski definition) is 4. The molecule has 3 rings (SSSR count). The van der Waals surface area contributed by atoms with Crippen LogP contribution in [-0.4, -0.2) is 21.1 Å². The van der Waals surface area contributed by atoms with Crippen molar-refractivity contribution in [2.45, 2.75) is 10.9 Å². The van der Waals surface area contributed by atoms with Gasteiger partial charge in [0.2, 0.25) is 5.16 Å². The molecule has 4 nitrogen and oxygen atoms in total. The molecule has 0 N–H and O–H groups in total. The molecule has 0 atom stereocenters. The van der Waals surface area contributed by atoms with Gasteiger partial charge in [0.05, 0.1) is 6.21 Å². The molecule has 1 aromatic heterocycles. The van der Waals surface area contributed by atoms with Crippen LogP contribution in [0.5, 0.6) is 0 Å². The van der Waals surface area contributed by atoms with Gasteiger partial charge in [0.25, 0.3) is 0 Å². The first-order chi connectivity index (χ1) is 11.6. The zero-order valence-electron chi connectivity index (χ0n) is 12.2. The minimum absolute atomic E-state index is 0.441. The highest BCUT2D eigenvalue weighted by Gasteiger charge is 2.05. The van der Waals surface area contributed by atoms with Crippen LogP contribution in [0.25, 0.3) is 0 Å². The van der Waals surface area contributed by atoms with Gasteiger partial charge in [-0.15, -0.1) is 10.2 Å². The van der Waals surface area contributed by atoms with Crippen molar-refractivity contribution < 1.29 is 8.78 Å². The van der Waals surface area contributed by atoms with Gasteiger partial charge in [0, 0.05) is 10.8 Å². The summed E-state index contributed by atoms with van der Waals surface area (Å²) in [5.41, 5.74) is 1.53. The maximum atomic E-state index is 13.2. The quantitative estimate of drug-likeness (QED) is 0.498. The molecule has 0 aliphatic heterocycles. The molecule has 0 aliphatic rings. The van der Waals surface area contributed by atoms with Crippen LogP contribution in [0.2, 0.25) is 5.02 Å². The lowest BCUT2D eigenvalue weighted by atomic mass is 10.2. The van der Waals surface area contributed by atoms with Crippen LogP contribution >= 0.6 is 23.4 Å². The number of benzene rings is 2. The number of rotatable bonds is 5. The molecule has 0 unspecified atom stereocenters. The predicted molar refractivity (Wildman–Crippen MR) is 90.4 cm³/mol. The highest BCUT2D eigenvalue weighted by molar-refractivity contribution is 7.98. The largest absolute Gasteiger partial charge is 0.212 e. The first-order valence-corrected chi connectivity index (χ1v) is 8.25. The van der Waals surface area contributed by atoms with E-state index in [1.165, 1.54) is 35.0 Å². The van der Waals surface area contributed by atoms with Gasteiger partial charge >= 0.3 is 0 Å². The van der Waals surface area contributed by atoms with Crippen LogP contribution in [0.3, 0.4) is 0 Å². The van der Waals surface area contributed by atoms with E-state index in [4.69, 9.17) is 11.6 Å². The van der Waals surface area contributed by atoms with E-state index >= 15 is 0 Å². The molecule has 2 aromatic carbocycles. The molecule has 0 spiro atoms. The fraction of sp³-hybridized carbons (Fsp3) is 0.0625. The minimum atomic E-state index is -0.917. The molecule has 0 aliphatic carbocycles. The lowest BCUT2D eigenvalue weighted by Gasteiger charge is -2.02. The van der Waals surface area contributed by atoms with E-state index < -0.39 is 11.6 Å². The molecule has 1 heterocycles. The van der Waals surface area contributed by atoms with Crippen molar-refractivity contribution in [3.63, 3.8) is 0 Å². The fourth-order valence-corrected chi connectivity index (χ4v) is 2.79. The third-order valence-electron chi connectivity index (χ3n) is 3.06. The van der Waals surface area contributed by atoms with Crippen molar-refractivity contribution in [1.29, 1.82) is 0 Å². The average Bonchev–Trinajstić information content (AvgIpc) is 3.03. The lowest BCUT2D eigenvalue weighted by molar-refractivity contribution is 0.508. The second-order valence-electron chi connectivity index (χ2n) is 4.79. The highest BCUT2D eigenvalue weighted by Crippen LogP contribution is 2.21. The summed E-state index contributed by atoms with van der Waals surface area (Å²) < 4.78 is 27.6. The Morgan fingerprint density at radius 1 is 1.12 bits per heavy atom. The predicted octanol–water partition coefficient (Wildman–Crippen LogP) is 4.38. The minimum Gasteiger partial charge on any atom is -0.204 e. The number of hydrogen-bond donors (Lipinski definition) is 0. The van der Waals surface area contributed by atoms with Gasteiger partial charge in [-0.05, 0) is 35.4 Å². The van der Waals surface area contributed by atoms with E-state index in [1.54, 1.807) is 0 Å². The number of thioether (sulfide) groups is 1. The number of aromatic nitrogens is 3. The van der Waals surface area contributed by atoms with Gasteiger partial charge in [0.15, 0.2) is 11.6 Å². The van der Waals surface area contributed by atoms with Crippen molar-refractivity contribution in [1.82, 2.24) is 14.9 Å². The third-order valence-corrected chi connectivity index (χ3v) is 4.31. The molecule has 3 aromatic rings. The lowest BCUT2D eigenvalue weighted by Crippen LogP contribution is -1.94. The maximum absolute atomic E-state index is 13.2. The molecule has 0 amide bonds. The second-order valence-corrected chi connectivity index (χ2v) is 6.17.